The molecule has 0 aliphatic heterocycles. The average Bonchev–Trinajstić information content (AvgIpc) is 2.40. The van der Waals surface area contributed by atoms with Gasteiger partial charge in [0.05, 0.1) is 10.9 Å². The van der Waals surface area contributed by atoms with Crippen LogP contribution in [0.3, 0.4) is 0 Å². The summed E-state index contributed by atoms with van der Waals surface area (Å²) >= 11 is 0. The molecular formula is C14H17N3O. The van der Waals surface area contributed by atoms with Crippen LogP contribution in [0.5, 0.6) is 0 Å². The Bertz CT molecular complexity index is 626. The van der Waals surface area contributed by atoms with Gasteiger partial charge in [0.2, 0.25) is 5.95 Å². The molecule has 1 heterocycles. The van der Waals surface area contributed by atoms with E-state index >= 15 is 0 Å². The number of hydrogen-bond donors (Lipinski definition) is 1. The van der Waals surface area contributed by atoms with Crippen molar-refractivity contribution >= 4 is 16.9 Å². The molecule has 2 aromatic rings. The highest BCUT2D eigenvalue weighted by molar-refractivity contribution is 5.78. The summed E-state index contributed by atoms with van der Waals surface area (Å²) in [7, 11) is 0. The van der Waals surface area contributed by atoms with Crippen LogP contribution in [0.1, 0.15) is 38.1 Å². The molecule has 0 saturated heterocycles. The van der Waals surface area contributed by atoms with Crippen molar-refractivity contribution in [3.63, 3.8) is 0 Å². The monoisotopic (exact) mass is 243 g/mol. The van der Waals surface area contributed by atoms with E-state index in [0.29, 0.717) is 16.9 Å². The number of rotatable bonds is 1. The van der Waals surface area contributed by atoms with Gasteiger partial charge < -0.3 is 5.73 Å². The molecule has 1 aliphatic carbocycles. The summed E-state index contributed by atoms with van der Waals surface area (Å²) in [6.45, 7) is 0. The third kappa shape index (κ3) is 1.78. The second-order valence-corrected chi connectivity index (χ2v) is 4.95. The molecule has 0 radical (unpaired) electrons. The first-order chi connectivity index (χ1) is 8.77. The molecule has 1 aromatic heterocycles. The van der Waals surface area contributed by atoms with E-state index in [1.807, 2.05) is 24.3 Å². The van der Waals surface area contributed by atoms with Crippen molar-refractivity contribution < 1.29 is 0 Å². The lowest BCUT2D eigenvalue weighted by molar-refractivity contribution is 0.349. The van der Waals surface area contributed by atoms with Gasteiger partial charge in [-0.1, -0.05) is 31.4 Å². The molecule has 0 spiro atoms. The van der Waals surface area contributed by atoms with Gasteiger partial charge in [-0.05, 0) is 25.0 Å². The maximum absolute atomic E-state index is 12.5. The van der Waals surface area contributed by atoms with Gasteiger partial charge in [-0.3, -0.25) is 9.36 Å². The van der Waals surface area contributed by atoms with Crippen molar-refractivity contribution in [1.29, 1.82) is 0 Å². The Morgan fingerprint density at radius 1 is 1.17 bits per heavy atom. The lowest BCUT2D eigenvalue weighted by atomic mass is 9.95. The Kier molecular flexibility index (Phi) is 2.78. The molecule has 3 rings (SSSR count). The summed E-state index contributed by atoms with van der Waals surface area (Å²) in [5.74, 6) is 0.352. The summed E-state index contributed by atoms with van der Waals surface area (Å²) in [6.07, 6.45) is 5.66. The highest BCUT2D eigenvalue weighted by atomic mass is 16.1. The maximum atomic E-state index is 12.5. The number of nitrogens with two attached hydrogens (primary N) is 1. The second kappa shape index (κ2) is 4.44. The van der Waals surface area contributed by atoms with Crippen molar-refractivity contribution in [2.45, 2.75) is 38.1 Å². The van der Waals surface area contributed by atoms with E-state index in [4.69, 9.17) is 5.73 Å². The highest BCUT2D eigenvalue weighted by Gasteiger charge is 2.20. The zero-order chi connectivity index (χ0) is 12.5. The van der Waals surface area contributed by atoms with E-state index in [-0.39, 0.29) is 11.6 Å². The van der Waals surface area contributed by atoms with Crippen LogP contribution in [0.15, 0.2) is 29.1 Å². The highest BCUT2D eigenvalue weighted by Crippen LogP contribution is 2.28. The molecule has 18 heavy (non-hydrogen) atoms. The van der Waals surface area contributed by atoms with Crippen LogP contribution in [0, 0.1) is 0 Å². The van der Waals surface area contributed by atoms with Crippen molar-refractivity contribution in [1.82, 2.24) is 9.55 Å². The first-order valence-electron chi connectivity index (χ1n) is 6.54. The third-order valence-electron chi connectivity index (χ3n) is 3.77. The number of nitrogen functional groups attached to an aromatic ring is 1. The van der Waals surface area contributed by atoms with Gasteiger partial charge in [-0.15, -0.1) is 0 Å². The Balaban J connectivity index is 2.19. The van der Waals surface area contributed by atoms with Crippen LogP contribution in [-0.4, -0.2) is 9.55 Å². The van der Waals surface area contributed by atoms with E-state index in [1.54, 1.807) is 4.57 Å². The molecule has 0 bridgehead atoms. The zero-order valence-electron chi connectivity index (χ0n) is 10.3. The maximum Gasteiger partial charge on any atom is 0.263 e. The minimum absolute atomic E-state index is 0.00463. The Labute approximate surface area is 105 Å². The van der Waals surface area contributed by atoms with Crippen molar-refractivity contribution in [3.8, 4) is 0 Å². The minimum Gasteiger partial charge on any atom is -0.369 e. The average molecular weight is 243 g/mol. The minimum atomic E-state index is 0.00463. The van der Waals surface area contributed by atoms with E-state index in [0.717, 1.165) is 12.8 Å². The Hall–Kier alpha value is -1.84. The Morgan fingerprint density at radius 2 is 1.89 bits per heavy atom. The lowest BCUT2D eigenvalue weighted by Gasteiger charge is -2.25. The normalized spacial score (nSPS) is 17.1. The zero-order valence-corrected chi connectivity index (χ0v) is 10.3. The molecule has 1 aromatic carbocycles. The van der Waals surface area contributed by atoms with E-state index in [9.17, 15) is 4.79 Å². The number of hydrogen-bond acceptors (Lipinski definition) is 3. The SMILES string of the molecule is Nc1nc2ccccc2c(=O)n1C1CCCCC1. The van der Waals surface area contributed by atoms with E-state index in [1.165, 1.54) is 19.3 Å². The van der Waals surface area contributed by atoms with Crippen LogP contribution in [0.25, 0.3) is 10.9 Å². The fourth-order valence-electron chi connectivity index (χ4n) is 2.86. The van der Waals surface area contributed by atoms with Gasteiger partial charge in [0.25, 0.3) is 5.56 Å². The molecule has 0 unspecified atom stereocenters. The lowest BCUT2D eigenvalue weighted by Crippen LogP contribution is -2.29. The number of anilines is 1. The van der Waals surface area contributed by atoms with E-state index < -0.39 is 0 Å². The van der Waals surface area contributed by atoms with Crippen LogP contribution >= 0.6 is 0 Å². The molecule has 0 amide bonds. The standard InChI is InChI=1S/C14H17N3O/c15-14-16-12-9-5-4-8-11(12)13(18)17(14)10-6-2-1-3-7-10/h4-5,8-10H,1-3,6-7H2,(H2,15,16). The molecule has 1 fully saturated rings. The predicted molar refractivity (Wildman–Crippen MR) is 72.5 cm³/mol. The summed E-state index contributed by atoms with van der Waals surface area (Å²) < 4.78 is 1.70. The quantitative estimate of drug-likeness (QED) is 0.837. The third-order valence-corrected chi connectivity index (χ3v) is 3.77. The van der Waals surface area contributed by atoms with Gasteiger partial charge in [0.15, 0.2) is 0 Å². The summed E-state index contributed by atoms with van der Waals surface area (Å²) in [4.78, 5) is 16.8. The summed E-state index contributed by atoms with van der Waals surface area (Å²) in [5.41, 5.74) is 6.66. The number of nitrogens with zero attached hydrogens (tertiary/aromatic N) is 2. The molecule has 2 N–H and O–H groups in total. The fraction of sp³-hybridized carbons (Fsp3) is 0.429. The van der Waals surface area contributed by atoms with Gasteiger partial charge >= 0.3 is 0 Å². The van der Waals surface area contributed by atoms with Crippen LogP contribution < -0.4 is 11.3 Å². The van der Waals surface area contributed by atoms with E-state index in [2.05, 4.69) is 4.98 Å². The fourth-order valence-corrected chi connectivity index (χ4v) is 2.86. The molecule has 1 saturated carbocycles. The van der Waals surface area contributed by atoms with Gasteiger partial charge in [0, 0.05) is 6.04 Å². The number of aromatic nitrogens is 2. The first kappa shape index (κ1) is 11.3. The van der Waals surface area contributed by atoms with Crippen LogP contribution in [0.4, 0.5) is 5.95 Å². The second-order valence-electron chi connectivity index (χ2n) is 4.95. The van der Waals surface area contributed by atoms with Crippen molar-refractivity contribution in [2.75, 3.05) is 5.73 Å². The largest absolute Gasteiger partial charge is 0.369 e. The molecule has 4 nitrogen and oxygen atoms in total. The van der Waals surface area contributed by atoms with Crippen LogP contribution in [-0.2, 0) is 0 Å². The Morgan fingerprint density at radius 3 is 2.67 bits per heavy atom. The van der Waals surface area contributed by atoms with Crippen molar-refractivity contribution in [3.05, 3.63) is 34.6 Å². The van der Waals surface area contributed by atoms with Gasteiger partial charge in [-0.2, -0.15) is 0 Å². The van der Waals surface area contributed by atoms with Crippen LogP contribution in [0.2, 0.25) is 0 Å². The first-order valence-corrected chi connectivity index (χ1v) is 6.54. The smallest absolute Gasteiger partial charge is 0.263 e. The topological polar surface area (TPSA) is 60.9 Å². The van der Waals surface area contributed by atoms with Gasteiger partial charge in [-0.25, -0.2) is 4.98 Å². The molecule has 4 heteroatoms. The number of fused-ring (bicyclic) bond motifs is 1. The molecular weight excluding hydrogens is 226 g/mol. The van der Waals surface area contributed by atoms with Crippen molar-refractivity contribution in [2.24, 2.45) is 0 Å². The summed E-state index contributed by atoms with van der Waals surface area (Å²) in [6, 6.07) is 7.62. The molecule has 94 valence electrons. The predicted octanol–water partition coefficient (Wildman–Crippen LogP) is 2.48. The molecule has 1 aliphatic rings. The number of benzene rings is 1. The summed E-state index contributed by atoms with van der Waals surface area (Å²) in [5, 5.41) is 0.664. The molecule has 0 atom stereocenters. The number of para-hydroxylation sites is 1. The van der Waals surface area contributed by atoms with Gasteiger partial charge in [0.1, 0.15) is 0 Å².